The van der Waals surface area contributed by atoms with Crippen molar-refractivity contribution in [1.29, 1.82) is 5.26 Å². The van der Waals surface area contributed by atoms with E-state index in [-0.39, 0.29) is 6.42 Å². The summed E-state index contributed by atoms with van der Waals surface area (Å²) >= 11 is 4.64. The third-order valence-corrected chi connectivity index (χ3v) is 6.56. The van der Waals surface area contributed by atoms with Crippen LogP contribution in [0.5, 0.6) is 0 Å². The van der Waals surface area contributed by atoms with E-state index in [9.17, 15) is 19.5 Å². The van der Waals surface area contributed by atoms with Gasteiger partial charge in [-0.3, -0.25) is 9.59 Å². The summed E-state index contributed by atoms with van der Waals surface area (Å²) in [6.45, 7) is 1.77. The minimum Gasteiger partial charge on any atom is -0.480 e. The van der Waals surface area contributed by atoms with Gasteiger partial charge in [0.15, 0.2) is 0 Å². The molecule has 9 heteroatoms. The smallest absolute Gasteiger partial charge is 0.327 e. The lowest BCUT2D eigenvalue weighted by molar-refractivity contribution is -0.161. The Labute approximate surface area is 127 Å². The number of nitrogens with zero attached hydrogens (tertiary/aromatic N) is 2. The number of nitriles is 1. The molecule has 0 spiro atoms. The Hall–Kier alpha value is -1.27. The number of thioether (sulfide) groups is 1. The second-order valence-electron chi connectivity index (χ2n) is 4.82. The third kappa shape index (κ3) is 2.16. The van der Waals surface area contributed by atoms with Gasteiger partial charge >= 0.3 is 5.97 Å². The highest BCUT2D eigenvalue weighted by Crippen LogP contribution is 2.51. The molecule has 2 heterocycles. The Bertz CT molecular complexity index is 522. The number of β-lactam (4-membered cyclic amide) rings is 1. The molecular formula is C11H12BrN3O4S. The van der Waals surface area contributed by atoms with Crippen LogP contribution in [0.15, 0.2) is 0 Å². The van der Waals surface area contributed by atoms with E-state index >= 15 is 0 Å². The van der Waals surface area contributed by atoms with Crippen molar-refractivity contribution in [2.75, 3.05) is 5.33 Å². The fraction of sp³-hybridized carbons (Fsp3) is 0.636. The first kappa shape index (κ1) is 15.1. The number of carbonyl (C=O) groups excluding carboxylic acids is 2. The van der Waals surface area contributed by atoms with Gasteiger partial charge in [0.25, 0.3) is 0 Å². The van der Waals surface area contributed by atoms with E-state index in [1.165, 1.54) is 16.7 Å². The first-order chi connectivity index (χ1) is 9.35. The highest BCUT2D eigenvalue weighted by molar-refractivity contribution is 9.09. The van der Waals surface area contributed by atoms with Gasteiger partial charge in [0.2, 0.25) is 11.8 Å². The molecule has 2 N–H and O–H groups in total. The number of fused-ring (bicyclic) bond motifs is 1. The number of amides is 2. The van der Waals surface area contributed by atoms with Gasteiger partial charge in [0, 0.05) is 5.33 Å². The molecule has 4 atom stereocenters. The Kier molecular flexibility index (Phi) is 3.97. The minimum atomic E-state index is -1.06. The number of nitrogens with one attached hydrogen (secondary N) is 1. The fourth-order valence-electron chi connectivity index (χ4n) is 2.43. The third-order valence-electron chi connectivity index (χ3n) is 3.38. The summed E-state index contributed by atoms with van der Waals surface area (Å²) in [6, 6.07) is 0.0352. The van der Waals surface area contributed by atoms with Crippen molar-refractivity contribution >= 4 is 45.5 Å². The molecule has 0 aromatic rings. The van der Waals surface area contributed by atoms with Gasteiger partial charge in [-0.25, -0.2) is 4.79 Å². The molecule has 2 fully saturated rings. The molecule has 0 aromatic carbocycles. The van der Waals surface area contributed by atoms with Gasteiger partial charge in [-0.1, -0.05) is 15.9 Å². The summed E-state index contributed by atoms with van der Waals surface area (Å²) < 4.78 is -0.652. The number of carboxylic acids is 1. The summed E-state index contributed by atoms with van der Waals surface area (Å²) in [5.74, 6) is -1.99. The maximum absolute atomic E-state index is 12.0. The average Bonchev–Trinajstić information content (AvgIpc) is 2.68. The molecular weight excluding hydrogens is 350 g/mol. The predicted molar refractivity (Wildman–Crippen MR) is 74.0 cm³/mol. The topological polar surface area (TPSA) is 111 Å². The summed E-state index contributed by atoms with van der Waals surface area (Å²) in [5.41, 5.74) is 0. The van der Waals surface area contributed by atoms with Crippen molar-refractivity contribution in [2.24, 2.45) is 0 Å². The molecule has 2 rings (SSSR count). The maximum atomic E-state index is 12.0. The van der Waals surface area contributed by atoms with E-state index in [0.717, 1.165) is 0 Å². The van der Waals surface area contributed by atoms with Crippen LogP contribution in [0, 0.1) is 11.3 Å². The zero-order valence-electron chi connectivity index (χ0n) is 10.5. The van der Waals surface area contributed by atoms with Crippen molar-refractivity contribution in [2.45, 2.75) is 35.5 Å². The minimum absolute atomic E-state index is 0.320. The SMILES string of the molecule is CC1(CBr)S[C@@H]2C(NC(=O)CC#N)C(=O)N2C1C(=O)O. The Balaban J connectivity index is 2.16. The van der Waals surface area contributed by atoms with E-state index in [4.69, 9.17) is 5.26 Å². The molecule has 20 heavy (non-hydrogen) atoms. The molecule has 0 bridgehead atoms. The molecule has 0 saturated carbocycles. The summed E-state index contributed by atoms with van der Waals surface area (Å²) in [4.78, 5) is 36.1. The van der Waals surface area contributed by atoms with E-state index < -0.39 is 40.0 Å². The second kappa shape index (κ2) is 5.26. The molecule has 7 nitrogen and oxygen atoms in total. The lowest BCUT2D eigenvalue weighted by Gasteiger charge is -2.43. The van der Waals surface area contributed by atoms with Crippen LogP contribution in [0.4, 0.5) is 0 Å². The Morgan fingerprint density at radius 1 is 1.65 bits per heavy atom. The van der Waals surface area contributed by atoms with E-state index in [1.807, 2.05) is 0 Å². The van der Waals surface area contributed by atoms with Crippen LogP contribution in [-0.2, 0) is 14.4 Å². The summed E-state index contributed by atoms with van der Waals surface area (Å²) in [5, 5.41) is 20.2. The van der Waals surface area contributed by atoms with Gasteiger partial charge in [0.1, 0.15) is 23.9 Å². The van der Waals surface area contributed by atoms with E-state index in [2.05, 4.69) is 21.2 Å². The van der Waals surface area contributed by atoms with Crippen molar-refractivity contribution in [1.82, 2.24) is 10.2 Å². The average molecular weight is 362 g/mol. The van der Waals surface area contributed by atoms with E-state index in [1.54, 1.807) is 13.0 Å². The number of halogens is 1. The highest BCUT2D eigenvalue weighted by atomic mass is 79.9. The molecule has 2 aliphatic heterocycles. The number of hydrogen-bond donors (Lipinski definition) is 2. The molecule has 108 valence electrons. The Morgan fingerprint density at radius 2 is 2.30 bits per heavy atom. The van der Waals surface area contributed by atoms with E-state index in [0.29, 0.717) is 5.33 Å². The van der Waals surface area contributed by atoms with Gasteiger partial charge < -0.3 is 15.3 Å². The molecule has 2 saturated heterocycles. The van der Waals surface area contributed by atoms with Gasteiger partial charge in [-0.15, -0.1) is 11.8 Å². The number of carbonyl (C=O) groups is 3. The van der Waals surface area contributed by atoms with Crippen molar-refractivity contribution in [3.05, 3.63) is 0 Å². The zero-order chi connectivity index (χ0) is 15.1. The van der Waals surface area contributed by atoms with Crippen molar-refractivity contribution < 1.29 is 19.5 Å². The van der Waals surface area contributed by atoms with Crippen LogP contribution in [0.2, 0.25) is 0 Å². The molecule has 2 aliphatic rings. The molecule has 0 radical (unpaired) electrons. The Morgan fingerprint density at radius 3 is 2.80 bits per heavy atom. The van der Waals surface area contributed by atoms with Crippen LogP contribution < -0.4 is 5.32 Å². The zero-order valence-corrected chi connectivity index (χ0v) is 12.9. The normalized spacial score (nSPS) is 35.0. The fourth-order valence-corrected chi connectivity index (χ4v) is 4.75. The van der Waals surface area contributed by atoms with Gasteiger partial charge in [-0.05, 0) is 6.92 Å². The first-order valence-corrected chi connectivity index (χ1v) is 7.81. The van der Waals surface area contributed by atoms with Crippen LogP contribution in [0.25, 0.3) is 0 Å². The highest BCUT2D eigenvalue weighted by Gasteiger charge is 2.65. The van der Waals surface area contributed by atoms with Gasteiger partial charge in [0.05, 0.1) is 10.8 Å². The van der Waals surface area contributed by atoms with Crippen LogP contribution in [0.3, 0.4) is 0 Å². The molecule has 3 unspecified atom stereocenters. The van der Waals surface area contributed by atoms with Crippen LogP contribution in [-0.4, -0.2) is 55.3 Å². The standard InChI is InChI=1S/C11H12BrN3O4S/c1-11(4-12)7(10(18)19)15-8(17)6(9(15)20-11)14-5(16)2-3-13/h6-7,9H,2,4H2,1H3,(H,14,16)(H,18,19)/t6?,7?,9-,11?/m1/s1. The van der Waals surface area contributed by atoms with Crippen molar-refractivity contribution in [3.63, 3.8) is 0 Å². The summed E-state index contributed by atoms with van der Waals surface area (Å²) in [7, 11) is 0. The number of aliphatic carboxylic acids is 1. The first-order valence-electron chi connectivity index (χ1n) is 5.81. The lowest BCUT2D eigenvalue weighted by Crippen LogP contribution is -2.70. The number of carboxylic acid groups (broad SMARTS) is 1. The molecule has 0 aliphatic carbocycles. The van der Waals surface area contributed by atoms with Crippen molar-refractivity contribution in [3.8, 4) is 6.07 Å². The molecule has 0 aromatic heterocycles. The monoisotopic (exact) mass is 361 g/mol. The summed E-state index contributed by atoms with van der Waals surface area (Å²) in [6.07, 6.45) is -0.320. The van der Waals surface area contributed by atoms with Crippen LogP contribution >= 0.6 is 27.7 Å². The number of alkyl halides is 1. The van der Waals surface area contributed by atoms with Crippen LogP contribution in [0.1, 0.15) is 13.3 Å². The number of rotatable bonds is 4. The second-order valence-corrected chi connectivity index (χ2v) is 7.03. The molecule has 2 amide bonds. The largest absolute Gasteiger partial charge is 0.480 e. The predicted octanol–water partition coefficient (Wildman–Crippen LogP) is -0.0932. The maximum Gasteiger partial charge on any atom is 0.327 e. The quantitative estimate of drug-likeness (QED) is 0.534. The lowest BCUT2D eigenvalue weighted by atomic mass is 9.96. The van der Waals surface area contributed by atoms with Gasteiger partial charge in [-0.2, -0.15) is 5.26 Å². The number of hydrogen-bond acceptors (Lipinski definition) is 5.